The second-order valence-corrected chi connectivity index (χ2v) is 4.37. The number of para-hydroxylation sites is 2. The zero-order chi connectivity index (χ0) is 15.2. The number of aliphatic hydroxyl groups is 1. The lowest BCUT2D eigenvalue weighted by atomic mass is 10.3. The lowest BCUT2D eigenvalue weighted by Crippen LogP contribution is -2.25. The van der Waals surface area contributed by atoms with Crippen molar-refractivity contribution < 1.29 is 23.4 Å². The van der Waals surface area contributed by atoms with Gasteiger partial charge in [-0.1, -0.05) is 18.2 Å². The summed E-state index contributed by atoms with van der Waals surface area (Å²) in [7, 11) is 0. The fourth-order valence-corrected chi connectivity index (χ4v) is 1.63. The minimum Gasteiger partial charge on any atom is -0.489 e. The van der Waals surface area contributed by atoms with Gasteiger partial charge in [0.25, 0.3) is 0 Å². The average Bonchev–Trinajstić information content (AvgIpc) is 2.48. The van der Waals surface area contributed by atoms with Crippen molar-refractivity contribution in [2.75, 3.05) is 18.9 Å². The van der Waals surface area contributed by atoms with E-state index in [1.165, 1.54) is 12.1 Å². The van der Waals surface area contributed by atoms with E-state index in [9.17, 15) is 13.9 Å². The lowest BCUT2D eigenvalue weighted by molar-refractivity contribution is 0.0612. The van der Waals surface area contributed by atoms with Crippen LogP contribution >= 0.6 is 0 Å². The van der Waals surface area contributed by atoms with Crippen LogP contribution in [0.3, 0.4) is 0 Å². The minimum atomic E-state index is -1.09. The monoisotopic (exact) mass is 295 g/mol. The van der Waals surface area contributed by atoms with Gasteiger partial charge in [-0.2, -0.15) is 4.39 Å². The summed E-state index contributed by atoms with van der Waals surface area (Å²) >= 11 is 0. The van der Waals surface area contributed by atoms with Gasteiger partial charge in [0.05, 0.1) is 5.69 Å². The van der Waals surface area contributed by atoms with Crippen molar-refractivity contribution in [3.63, 3.8) is 0 Å². The maximum atomic E-state index is 13.3. The molecule has 0 aliphatic carbocycles. The Hall–Kier alpha value is -2.34. The van der Waals surface area contributed by atoms with Crippen LogP contribution in [0.5, 0.6) is 11.5 Å². The van der Waals surface area contributed by atoms with Gasteiger partial charge in [-0.15, -0.1) is 0 Å². The van der Waals surface area contributed by atoms with Gasteiger partial charge >= 0.3 is 0 Å². The van der Waals surface area contributed by atoms with Crippen LogP contribution in [-0.4, -0.2) is 24.4 Å². The van der Waals surface area contributed by atoms with Gasteiger partial charge in [0.2, 0.25) is 5.82 Å². The van der Waals surface area contributed by atoms with Crippen molar-refractivity contribution in [1.82, 2.24) is 0 Å². The number of benzene rings is 2. The second kappa shape index (κ2) is 6.90. The molecule has 1 atom stereocenters. The van der Waals surface area contributed by atoms with Crippen LogP contribution in [0.4, 0.5) is 14.5 Å². The summed E-state index contributed by atoms with van der Waals surface area (Å²) in [5, 5.41) is 9.72. The third-order valence-electron chi connectivity index (χ3n) is 2.70. The summed E-state index contributed by atoms with van der Waals surface area (Å²) in [5.41, 5.74) is 6.13. The van der Waals surface area contributed by atoms with Crippen LogP contribution in [0.2, 0.25) is 0 Å². The number of anilines is 1. The first kappa shape index (κ1) is 15.1. The Morgan fingerprint density at radius 3 is 2.29 bits per heavy atom. The molecule has 0 heterocycles. The number of ether oxygens (including phenoxy) is 2. The molecule has 0 spiro atoms. The zero-order valence-corrected chi connectivity index (χ0v) is 11.1. The summed E-state index contributed by atoms with van der Waals surface area (Å²) in [6.45, 7) is -0.307. The third-order valence-corrected chi connectivity index (χ3v) is 2.70. The highest BCUT2D eigenvalue weighted by atomic mass is 19.2. The molecule has 112 valence electrons. The lowest BCUT2D eigenvalue weighted by Gasteiger charge is -2.14. The molecule has 1 unspecified atom stereocenters. The molecule has 2 aromatic carbocycles. The molecule has 6 heteroatoms. The van der Waals surface area contributed by atoms with Crippen molar-refractivity contribution in [1.29, 1.82) is 0 Å². The highest BCUT2D eigenvalue weighted by Crippen LogP contribution is 2.21. The van der Waals surface area contributed by atoms with E-state index in [2.05, 4.69) is 0 Å². The predicted molar refractivity (Wildman–Crippen MR) is 74.2 cm³/mol. The first-order valence-electron chi connectivity index (χ1n) is 6.30. The van der Waals surface area contributed by atoms with Crippen molar-refractivity contribution in [3.8, 4) is 11.5 Å². The average molecular weight is 295 g/mol. The molecule has 2 rings (SSSR count). The van der Waals surface area contributed by atoms with Crippen molar-refractivity contribution in [3.05, 3.63) is 54.1 Å². The first-order chi connectivity index (χ1) is 10.1. The van der Waals surface area contributed by atoms with E-state index in [1.54, 1.807) is 24.3 Å². The predicted octanol–water partition coefficient (Wildman–Crippen LogP) is 2.37. The standard InChI is InChI=1S/C15H15F2NO3/c16-11-4-3-7-14(15(11)17)21-9-10(19)8-20-13-6-2-1-5-12(13)18/h1-7,10,19H,8-9,18H2. The molecule has 2 aromatic rings. The summed E-state index contributed by atoms with van der Waals surface area (Å²) in [4.78, 5) is 0. The van der Waals surface area contributed by atoms with E-state index < -0.39 is 17.7 Å². The van der Waals surface area contributed by atoms with E-state index in [4.69, 9.17) is 15.2 Å². The van der Waals surface area contributed by atoms with Crippen LogP contribution in [0.15, 0.2) is 42.5 Å². The third kappa shape index (κ3) is 4.06. The fraction of sp³-hybridized carbons (Fsp3) is 0.200. The quantitative estimate of drug-likeness (QED) is 0.803. The first-order valence-corrected chi connectivity index (χ1v) is 6.30. The van der Waals surface area contributed by atoms with Gasteiger partial charge in [0, 0.05) is 0 Å². The molecular weight excluding hydrogens is 280 g/mol. The number of hydrogen-bond donors (Lipinski definition) is 2. The molecule has 21 heavy (non-hydrogen) atoms. The maximum absolute atomic E-state index is 13.3. The van der Waals surface area contributed by atoms with Gasteiger partial charge in [-0.05, 0) is 24.3 Å². The van der Waals surface area contributed by atoms with Crippen LogP contribution in [0.1, 0.15) is 0 Å². The Labute approximate surface area is 120 Å². The molecule has 4 nitrogen and oxygen atoms in total. The fourth-order valence-electron chi connectivity index (χ4n) is 1.63. The van der Waals surface area contributed by atoms with E-state index in [1.807, 2.05) is 0 Å². The highest BCUT2D eigenvalue weighted by molar-refractivity contribution is 5.51. The maximum Gasteiger partial charge on any atom is 0.200 e. The summed E-state index contributed by atoms with van der Waals surface area (Å²) in [5.74, 6) is -1.91. The van der Waals surface area contributed by atoms with Crippen molar-refractivity contribution >= 4 is 5.69 Å². The van der Waals surface area contributed by atoms with Crippen LogP contribution in [-0.2, 0) is 0 Å². The van der Waals surface area contributed by atoms with Gasteiger partial charge in [0.1, 0.15) is 25.1 Å². The minimum absolute atomic E-state index is 0.0782. The molecule has 0 radical (unpaired) electrons. The van der Waals surface area contributed by atoms with Gasteiger partial charge in [-0.3, -0.25) is 0 Å². The molecule has 0 saturated heterocycles. The molecule has 0 aliphatic heterocycles. The van der Waals surface area contributed by atoms with E-state index in [0.717, 1.165) is 6.07 Å². The van der Waals surface area contributed by atoms with Crippen LogP contribution in [0.25, 0.3) is 0 Å². The molecule has 3 N–H and O–H groups in total. The molecule has 0 bridgehead atoms. The number of nitrogen functional groups attached to an aromatic ring is 1. The Morgan fingerprint density at radius 2 is 1.57 bits per heavy atom. The number of nitrogens with two attached hydrogens (primary N) is 1. The molecule has 0 aromatic heterocycles. The van der Waals surface area contributed by atoms with E-state index >= 15 is 0 Å². The van der Waals surface area contributed by atoms with Crippen molar-refractivity contribution in [2.24, 2.45) is 0 Å². The summed E-state index contributed by atoms with van der Waals surface area (Å²) < 4.78 is 36.6. The molecule has 0 fully saturated rings. The Kier molecular flexibility index (Phi) is 4.94. The Morgan fingerprint density at radius 1 is 0.952 bits per heavy atom. The SMILES string of the molecule is Nc1ccccc1OCC(O)COc1cccc(F)c1F. The molecule has 0 amide bonds. The molecule has 0 saturated carbocycles. The van der Waals surface area contributed by atoms with Gasteiger partial charge in [0.15, 0.2) is 11.6 Å². The van der Waals surface area contributed by atoms with Gasteiger partial charge in [-0.25, -0.2) is 4.39 Å². The van der Waals surface area contributed by atoms with Crippen LogP contribution < -0.4 is 15.2 Å². The summed E-state index contributed by atoms with van der Waals surface area (Å²) in [6.07, 6.45) is -1.01. The smallest absolute Gasteiger partial charge is 0.200 e. The Bertz CT molecular complexity index is 607. The highest BCUT2D eigenvalue weighted by Gasteiger charge is 2.12. The van der Waals surface area contributed by atoms with Crippen LogP contribution in [0, 0.1) is 11.6 Å². The molecule has 0 aliphatic rings. The second-order valence-electron chi connectivity index (χ2n) is 4.37. The normalized spacial score (nSPS) is 12.0. The summed E-state index contributed by atoms with van der Waals surface area (Å²) in [6, 6.07) is 10.4. The number of halogens is 2. The largest absolute Gasteiger partial charge is 0.489 e. The topological polar surface area (TPSA) is 64.7 Å². The van der Waals surface area contributed by atoms with Crippen molar-refractivity contribution in [2.45, 2.75) is 6.10 Å². The molecular formula is C15H15F2NO3. The number of rotatable bonds is 6. The van der Waals surface area contributed by atoms with Gasteiger partial charge < -0.3 is 20.3 Å². The Balaban J connectivity index is 1.84. The van der Waals surface area contributed by atoms with E-state index in [-0.39, 0.29) is 19.0 Å². The number of hydrogen-bond acceptors (Lipinski definition) is 4. The van der Waals surface area contributed by atoms with E-state index in [0.29, 0.717) is 11.4 Å². The number of aliphatic hydroxyl groups excluding tert-OH is 1. The zero-order valence-electron chi connectivity index (χ0n) is 11.1.